The summed E-state index contributed by atoms with van der Waals surface area (Å²) in [7, 11) is 2.10. The van der Waals surface area contributed by atoms with Gasteiger partial charge >= 0.3 is 0 Å². The molecule has 0 amide bonds. The molecule has 6 heteroatoms. The monoisotopic (exact) mass is 259 g/mol. The largest absolute Gasteiger partial charge is 0.354 e. The molecule has 3 heterocycles. The van der Waals surface area contributed by atoms with E-state index >= 15 is 0 Å². The Morgan fingerprint density at radius 2 is 2.16 bits per heavy atom. The van der Waals surface area contributed by atoms with E-state index in [9.17, 15) is 0 Å². The third-order valence-corrected chi connectivity index (χ3v) is 3.15. The maximum Gasteiger partial charge on any atom is 0.172 e. The van der Waals surface area contributed by atoms with Crippen LogP contribution in [-0.4, -0.2) is 52.7 Å². The van der Waals surface area contributed by atoms with Gasteiger partial charge in [-0.15, -0.1) is 5.10 Å². The van der Waals surface area contributed by atoms with Crippen LogP contribution in [0.4, 0.5) is 5.82 Å². The van der Waals surface area contributed by atoms with Gasteiger partial charge < -0.3 is 4.74 Å². The summed E-state index contributed by atoms with van der Waals surface area (Å²) in [6, 6.07) is 7.78. The highest BCUT2D eigenvalue weighted by atomic mass is 16.5. The van der Waals surface area contributed by atoms with Crippen LogP contribution < -0.4 is 5.01 Å². The number of ether oxygens (including phenoxy) is 1. The molecular weight excluding hydrogens is 242 g/mol. The predicted molar refractivity (Wildman–Crippen MR) is 71.6 cm³/mol. The normalized spacial score (nSPS) is 20.4. The van der Waals surface area contributed by atoms with Crippen LogP contribution in [0.1, 0.15) is 0 Å². The molecule has 1 unspecified atom stereocenters. The van der Waals surface area contributed by atoms with Crippen molar-refractivity contribution < 1.29 is 4.74 Å². The quantitative estimate of drug-likeness (QED) is 0.817. The summed E-state index contributed by atoms with van der Waals surface area (Å²) in [6.45, 7) is 2.50. The molecule has 0 N–H and O–H groups in total. The highest BCUT2D eigenvalue weighted by Gasteiger charge is 2.26. The first kappa shape index (κ1) is 12.1. The van der Waals surface area contributed by atoms with Crippen LogP contribution in [0, 0.1) is 0 Å². The van der Waals surface area contributed by atoms with Crippen LogP contribution in [0.3, 0.4) is 0 Å². The van der Waals surface area contributed by atoms with Crippen molar-refractivity contribution in [1.29, 1.82) is 0 Å². The molecular formula is C13H17N5O. The molecule has 100 valence electrons. The van der Waals surface area contributed by atoms with E-state index in [1.165, 1.54) is 0 Å². The number of likely N-dealkylation sites (N-methyl/N-ethyl adjacent to an activating group) is 1. The summed E-state index contributed by atoms with van der Waals surface area (Å²) in [5.41, 5.74) is 0. The van der Waals surface area contributed by atoms with Gasteiger partial charge in [0.25, 0.3) is 0 Å². The fourth-order valence-electron chi connectivity index (χ4n) is 2.20. The van der Waals surface area contributed by atoms with E-state index in [1.807, 2.05) is 46.3 Å². The zero-order valence-corrected chi connectivity index (χ0v) is 10.9. The lowest BCUT2D eigenvalue weighted by molar-refractivity contribution is -0.0254. The van der Waals surface area contributed by atoms with Crippen molar-refractivity contribution in [2.45, 2.75) is 6.23 Å². The Bertz CT molecular complexity index is 501. The summed E-state index contributed by atoms with van der Waals surface area (Å²) >= 11 is 0. The number of rotatable bonds is 3. The first-order valence-electron chi connectivity index (χ1n) is 6.35. The van der Waals surface area contributed by atoms with E-state index in [0.717, 1.165) is 25.5 Å². The van der Waals surface area contributed by atoms with E-state index in [-0.39, 0.29) is 6.23 Å². The maximum absolute atomic E-state index is 5.88. The number of morpholine rings is 1. The molecule has 0 saturated carbocycles. The van der Waals surface area contributed by atoms with Crippen LogP contribution in [0.2, 0.25) is 0 Å². The standard InChI is InChI=1S/C13H17N5O/c1-16-9-10-19-13(11-16)18(17-7-2-3-8-17)12-5-4-6-14-15-12/h2-8,13H,9-11H2,1H3. The van der Waals surface area contributed by atoms with Crippen LogP contribution in [0.25, 0.3) is 0 Å². The van der Waals surface area contributed by atoms with Crippen LogP contribution >= 0.6 is 0 Å². The fourth-order valence-corrected chi connectivity index (χ4v) is 2.20. The Kier molecular flexibility index (Phi) is 3.43. The third kappa shape index (κ3) is 2.59. The number of aromatic nitrogens is 3. The molecule has 0 spiro atoms. The molecule has 3 rings (SSSR count). The molecule has 1 aliphatic rings. The van der Waals surface area contributed by atoms with Crippen molar-refractivity contribution >= 4 is 5.82 Å². The van der Waals surface area contributed by atoms with E-state index in [0.29, 0.717) is 0 Å². The van der Waals surface area contributed by atoms with Crippen molar-refractivity contribution in [3.63, 3.8) is 0 Å². The maximum atomic E-state index is 5.88. The second-order valence-electron chi connectivity index (χ2n) is 4.58. The van der Waals surface area contributed by atoms with Crippen molar-refractivity contribution in [3.05, 3.63) is 42.9 Å². The minimum Gasteiger partial charge on any atom is -0.354 e. The van der Waals surface area contributed by atoms with Gasteiger partial charge in [-0.3, -0.25) is 9.58 Å². The Morgan fingerprint density at radius 3 is 2.84 bits per heavy atom. The number of nitrogens with zero attached hydrogens (tertiary/aromatic N) is 5. The van der Waals surface area contributed by atoms with Crippen LogP contribution in [-0.2, 0) is 4.74 Å². The van der Waals surface area contributed by atoms with E-state index < -0.39 is 0 Å². The molecule has 1 saturated heterocycles. The smallest absolute Gasteiger partial charge is 0.172 e. The van der Waals surface area contributed by atoms with Gasteiger partial charge in [-0.1, -0.05) is 0 Å². The van der Waals surface area contributed by atoms with Crippen LogP contribution in [0.15, 0.2) is 42.9 Å². The fraction of sp³-hybridized carbons (Fsp3) is 0.385. The molecule has 19 heavy (non-hydrogen) atoms. The predicted octanol–water partition coefficient (Wildman–Crippen LogP) is 0.836. The minimum absolute atomic E-state index is 0.0668. The van der Waals surface area contributed by atoms with Gasteiger partial charge in [0, 0.05) is 31.7 Å². The second-order valence-corrected chi connectivity index (χ2v) is 4.58. The first-order valence-corrected chi connectivity index (χ1v) is 6.35. The third-order valence-electron chi connectivity index (χ3n) is 3.15. The molecule has 2 aromatic heterocycles. The number of hydrogen-bond donors (Lipinski definition) is 0. The Balaban J connectivity index is 1.93. The highest BCUT2D eigenvalue weighted by Crippen LogP contribution is 2.17. The summed E-state index contributed by atoms with van der Waals surface area (Å²) in [4.78, 5) is 2.25. The molecule has 0 aliphatic carbocycles. The van der Waals surface area contributed by atoms with Gasteiger partial charge in [0.15, 0.2) is 12.0 Å². The molecule has 0 aromatic carbocycles. The van der Waals surface area contributed by atoms with Gasteiger partial charge in [-0.05, 0) is 31.3 Å². The zero-order chi connectivity index (χ0) is 13.1. The van der Waals surface area contributed by atoms with Gasteiger partial charge in [0.05, 0.1) is 6.61 Å². The Hall–Kier alpha value is -1.92. The molecule has 1 aliphatic heterocycles. The molecule has 1 fully saturated rings. The highest BCUT2D eigenvalue weighted by molar-refractivity contribution is 5.37. The van der Waals surface area contributed by atoms with Crippen molar-refractivity contribution in [1.82, 2.24) is 19.8 Å². The number of hydrogen-bond acceptors (Lipinski definition) is 5. The lowest BCUT2D eigenvalue weighted by Crippen LogP contribution is -2.52. The minimum atomic E-state index is -0.0668. The summed E-state index contributed by atoms with van der Waals surface area (Å²) in [5.74, 6) is 0.777. The van der Waals surface area contributed by atoms with E-state index in [2.05, 4.69) is 22.1 Å². The Morgan fingerprint density at radius 1 is 1.32 bits per heavy atom. The van der Waals surface area contributed by atoms with Crippen molar-refractivity contribution in [2.75, 3.05) is 31.8 Å². The zero-order valence-electron chi connectivity index (χ0n) is 10.9. The lowest BCUT2D eigenvalue weighted by Gasteiger charge is -2.38. The topological polar surface area (TPSA) is 46.4 Å². The molecule has 0 bridgehead atoms. The lowest BCUT2D eigenvalue weighted by atomic mass is 10.4. The average Bonchev–Trinajstić information content (AvgIpc) is 2.94. The Labute approximate surface area is 112 Å². The van der Waals surface area contributed by atoms with Gasteiger partial charge in [-0.25, -0.2) is 5.01 Å². The summed E-state index contributed by atoms with van der Waals surface area (Å²) in [5, 5.41) is 10.2. The molecule has 1 atom stereocenters. The molecule has 2 aromatic rings. The van der Waals surface area contributed by atoms with Crippen LogP contribution in [0.5, 0.6) is 0 Å². The summed E-state index contributed by atoms with van der Waals surface area (Å²) in [6.07, 6.45) is 5.56. The first-order chi connectivity index (χ1) is 9.34. The van der Waals surface area contributed by atoms with Gasteiger partial charge in [-0.2, -0.15) is 5.10 Å². The number of anilines is 1. The van der Waals surface area contributed by atoms with E-state index in [4.69, 9.17) is 4.74 Å². The van der Waals surface area contributed by atoms with Gasteiger partial charge in [0.2, 0.25) is 0 Å². The van der Waals surface area contributed by atoms with Crippen molar-refractivity contribution in [2.24, 2.45) is 0 Å². The SMILES string of the molecule is CN1CCOC(N(c2cccnn2)n2cccc2)C1. The average molecular weight is 259 g/mol. The van der Waals surface area contributed by atoms with Gasteiger partial charge in [0.1, 0.15) is 0 Å². The second kappa shape index (κ2) is 5.38. The summed E-state index contributed by atoms with van der Waals surface area (Å²) < 4.78 is 7.86. The molecule has 0 radical (unpaired) electrons. The molecule has 6 nitrogen and oxygen atoms in total. The van der Waals surface area contributed by atoms with Crippen molar-refractivity contribution in [3.8, 4) is 0 Å². The van der Waals surface area contributed by atoms with E-state index in [1.54, 1.807) is 6.20 Å².